The van der Waals surface area contributed by atoms with Gasteiger partial charge in [-0.15, -0.1) is 11.3 Å². The molecule has 1 amide bonds. The van der Waals surface area contributed by atoms with Crippen molar-refractivity contribution in [3.8, 4) is 0 Å². The number of ether oxygens (including phenoxy) is 1. The van der Waals surface area contributed by atoms with Gasteiger partial charge in [-0.25, -0.2) is 0 Å². The van der Waals surface area contributed by atoms with Crippen LogP contribution in [0.3, 0.4) is 0 Å². The molecular formula is C24H26N2O4S. The number of hydrogen-bond donors (Lipinski definition) is 1. The van der Waals surface area contributed by atoms with E-state index in [1.807, 2.05) is 47.8 Å². The summed E-state index contributed by atoms with van der Waals surface area (Å²) in [6.45, 7) is 4.56. The van der Waals surface area contributed by atoms with E-state index in [9.17, 15) is 14.7 Å². The van der Waals surface area contributed by atoms with Crippen molar-refractivity contribution in [3.63, 3.8) is 0 Å². The normalized spacial score (nSPS) is 20.2. The third-order valence-corrected chi connectivity index (χ3v) is 6.51. The Morgan fingerprint density at radius 3 is 2.61 bits per heavy atom. The van der Waals surface area contributed by atoms with Gasteiger partial charge in [-0.1, -0.05) is 42.5 Å². The van der Waals surface area contributed by atoms with Crippen LogP contribution in [0, 0.1) is 0 Å². The Kier molecular flexibility index (Phi) is 6.96. The Morgan fingerprint density at radius 2 is 1.90 bits per heavy atom. The minimum Gasteiger partial charge on any atom is -0.503 e. The highest BCUT2D eigenvalue weighted by atomic mass is 32.1. The van der Waals surface area contributed by atoms with Gasteiger partial charge in [-0.05, 0) is 29.5 Å². The molecule has 1 atom stereocenters. The second-order valence-corrected chi connectivity index (χ2v) is 8.57. The quantitative estimate of drug-likeness (QED) is 0.640. The van der Waals surface area contributed by atoms with Gasteiger partial charge in [0.15, 0.2) is 11.5 Å². The van der Waals surface area contributed by atoms with Gasteiger partial charge >= 0.3 is 0 Å². The van der Waals surface area contributed by atoms with Crippen molar-refractivity contribution in [1.29, 1.82) is 0 Å². The highest BCUT2D eigenvalue weighted by molar-refractivity contribution is 7.10. The van der Waals surface area contributed by atoms with E-state index in [1.165, 1.54) is 17.4 Å². The summed E-state index contributed by atoms with van der Waals surface area (Å²) >= 11 is 1.48. The maximum Gasteiger partial charge on any atom is 0.290 e. The first-order valence-electron chi connectivity index (χ1n) is 10.5. The molecule has 1 N–H and O–H groups in total. The van der Waals surface area contributed by atoms with Crippen LogP contribution in [0.4, 0.5) is 0 Å². The molecule has 1 aromatic heterocycles. The summed E-state index contributed by atoms with van der Waals surface area (Å²) in [7, 11) is 0. The number of benzene rings is 1. The van der Waals surface area contributed by atoms with Crippen LogP contribution in [0.1, 0.15) is 22.9 Å². The van der Waals surface area contributed by atoms with Crippen molar-refractivity contribution >= 4 is 29.1 Å². The lowest BCUT2D eigenvalue weighted by molar-refractivity contribution is -0.129. The fourth-order valence-corrected chi connectivity index (χ4v) is 4.84. The molecule has 7 heteroatoms. The number of carbonyl (C=O) groups is 2. The fourth-order valence-electron chi connectivity index (χ4n) is 3.99. The highest BCUT2D eigenvalue weighted by Crippen LogP contribution is 2.39. The number of aliphatic hydroxyl groups excluding tert-OH is 1. The number of ketones is 1. The predicted molar refractivity (Wildman–Crippen MR) is 121 cm³/mol. The van der Waals surface area contributed by atoms with Gasteiger partial charge in [0.25, 0.3) is 5.91 Å². The van der Waals surface area contributed by atoms with Crippen molar-refractivity contribution in [2.24, 2.45) is 0 Å². The zero-order valence-corrected chi connectivity index (χ0v) is 18.1. The summed E-state index contributed by atoms with van der Waals surface area (Å²) in [6, 6.07) is 12.7. The lowest BCUT2D eigenvalue weighted by atomic mass is 10.0. The Morgan fingerprint density at radius 1 is 1.13 bits per heavy atom. The number of hydrogen-bond acceptors (Lipinski definition) is 6. The van der Waals surface area contributed by atoms with Crippen LogP contribution in [0.2, 0.25) is 0 Å². The molecule has 3 heterocycles. The van der Waals surface area contributed by atoms with Gasteiger partial charge in [-0.3, -0.25) is 14.5 Å². The highest BCUT2D eigenvalue weighted by Gasteiger charge is 2.43. The molecular weight excluding hydrogens is 412 g/mol. The Bertz CT molecular complexity index is 963. The molecule has 2 aliphatic heterocycles. The first-order valence-corrected chi connectivity index (χ1v) is 11.4. The summed E-state index contributed by atoms with van der Waals surface area (Å²) in [5.41, 5.74) is 1.04. The maximum absolute atomic E-state index is 13.0. The van der Waals surface area contributed by atoms with Gasteiger partial charge in [0.2, 0.25) is 0 Å². The van der Waals surface area contributed by atoms with E-state index in [-0.39, 0.29) is 11.4 Å². The van der Waals surface area contributed by atoms with Gasteiger partial charge in [0, 0.05) is 31.1 Å². The smallest absolute Gasteiger partial charge is 0.290 e. The van der Waals surface area contributed by atoms with Crippen LogP contribution >= 0.6 is 11.3 Å². The molecule has 6 nitrogen and oxygen atoms in total. The zero-order valence-electron chi connectivity index (χ0n) is 17.3. The van der Waals surface area contributed by atoms with Gasteiger partial charge in [-0.2, -0.15) is 0 Å². The molecule has 1 fully saturated rings. The third kappa shape index (κ3) is 4.95. The van der Waals surface area contributed by atoms with E-state index in [2.05, 4.69) is 4.90 Å². The first-order chi connectivity index (χ1) is 15.1. The summed E-state index contributed by atoms with van der Waals surface area (Å²) < 4.78 is 5.38. The second-order valence-electron chi connectivity index (χ2n) is 7.59. The summed E-state index contributed by atoms with van der Waals surface area (Å²) in [6.07, 6.45) is 3.91. The van der Waals surface area contributed by atoms with Crippen molar-refractivity contribution < 1.29 is 19.4 Å². The van der Waals surface area contributed by atoms with Crippen LogP contribution in [0.15, 0.2) is 65.3 Å². The van der Waals surface area contributed by atoms with Crippen LogP contribution < -0.4 is 0 Å². The monoisotopic (exact) mass is 438 g/mol. The molecule has 162 valence electrons. The van der Waals surface area contributed by atoms with Gasteiger partial charge in [0.05, 0.1) is 24.8 Å². The van der Waals surface area contributed by atoms with Crippen molar-refractivity contribution in [3.05, 3.63) is 75.7 Å². The standard InChI is InChI=1S/C24H26N2O4S/c27-19(10-9-18-6-2-1-3-7-18)21-22(20-8-4-17-31-20)26(24(29)23(21)28)12-5-11-25-13-15-30-16-14-25/h1-4,6-10,17,22,28H,5,11-16H2/b10-9+/t22-/m0/s1. The van der Waals surface area contributed by atoms with E-state index in [4.69, 9.17) is 4.74 Å². The van der Waals surface area contributed by atoms with Gasteiger partial charge < -0.3 is 14.7 Å². The molecule has 0 aliphatic carbocycles. The Labute approximate surface area is 186 Å². The number of nitrogens with zero attached hydrogens (tertiary/aromatic N) is 2. The van der Waals surface area contributed by atoms with Gasteiger partial charge in [0.1, 0.15) is 0 Å². The minimum absolute atomic E-state index is 0.158. The molecule has 0 bridgehead atoms. The van der Waals surface area contributed by atoms with Crippen molar-refractivity contribution in [2.75, 3.05) is 39.4 Å². The molecule has 2 aromatic rings. The number of allylic oxidation sites excluding steroid dienone is 1. The van der Waals surface area contributed by atoms with E-state index >= 15 is 0 Å². The SMILES string of the molecule is O=C(/C=C/c1ccccc1)C1=C(O)C(=O)N(CCCN2CCOCC2)[C@H]1c1cccs1. The number of amides is 1. The predicted octanol–water partition coefficient (Wildman–Crippen LogP) is 3.45. The number of carbonyl (C=O) groups excluding carboxylic acids is 2. The molecule has 0 spiro atoms. The molecule has 0 saturated carbocycles. The molecule has 1 saturated heterocycles. The number of aliphatic hydroxyl groups is 1. The van der Waals surface area contributed by atoms with E-state index in [0.29, 0.717) is 6.54 Å². The summed E-state index contributed by atoms with van der Waals surface area (Å²) in [5.74, 6) is -1.26. The zero-order chi connectivity index (χ0) is 21.6. The average molecular weight is 439 g/mol. The average Bonchev–Trinajstić information content (AvgIpc) is 3.41. The van der Waals surface area contributed by atoms with E-state index in [0.717, 1.165) is 49.7 Å². The summed E-state index contributed by atoms with van der Waals surface area (Å²) in [4.78, 5) is 30.8. The molecule has 1 aromatic carbocycles. The second kappa shape index (κ2) is 10.0. The van der Waals surface area contributed by atoms with Crippen LogP contribution in [-0.2, 0) is 14.3 Å². The Balaban J connectivity index is 1.51. The largest absolute Gasteiger partial charge is 0.503 e. The van der Waals surface area contributed by atoms with Crippen LogP contribution in [0.25, 0.3) is 6.08 Å². The number of rotatable bonds is 8. The third-order valence-electron chi connectivity index (χ3n) is 5.59. The van der Waals surface area contributed by atoms with Crippen molar-refractivity contribution in [1.82, 2.24) is 9.80 Å². The molecule has 2 aliphatic rings. The maximum atomic E-state index is 13.0. The summed E-state index contributed by atoms with van der Waals surface area (Å²) in [5, 5.41) is 12.5. The minimum atomic E-state index is -0.551. The topological polar surface area (TPSA) is 70.1 Å². The molecule has 0 radical (unpaired) electrons. The fraction of sp³-hybridized carbons (Fsp3) is 0.333. The van der Waals surface area contributed by atoms with Crippen LogP contribution in [-0.4, -0.2) is 66.0 Å². The lowest BCUT2D eigenvalue weighted by Gasteiger charge is -2.29. The number of thiophene rings is 1. The van der Waals surface area contributed by atoms with Crippen molar-refractivity contribution in [2.45, 2.75) is 12.5 Å². The van der Waals surface area contributed by atoms with Crippen LogP contribution in [0.5, 0.6) is 0 Å². The molecule has 4 rings (SSSR count). The molecule has 31 heavy (non-hydrogen) atoms. The van der Waals surface area contributed by atoms with E-state index < -0.39 is 17.7 Å². The van der Waals surface area contributed by atoms with E-state index in [1.54, 1.807) is 11.0 Å². The lowest BCUT2D eigenvalue weighted by Crippen LogP contribution is -2.39. The number of morpholine rings is 1. The first kappa shape index (κ1) is 21.5. The molecule has 0 unspecified atom stereocenters. The Hall–Kier alpha value is -2.74.